The summed E-state index contributed by atoms with van der Waals surface area (Å²) in [5.41, 5.74) is 2.70. The third-order valence-electron chi connectivity index (χ3n) is 5.31. The first kappa shape index (κ1) is 20.2. The van der Waals surface area contributed by atoms with Crippen molar-refractivity contribution in [3.63, 3.8) is 0 Å². The molecule has 2 heterocycles. The number of nitro benzene ring substituents is 1. The van der Waals surface area contributed by atoms with Crippen molar-refractivity contribution in [2.45, 2.75) is 6.92 Å². The Bertz CT molecular complexity index is 1060. The highest BCUT2D eigenvalue weighted by Gasteiger charge is 2.20. The van der Waals surface area contributed by atoms with E-state index in [9.17, 15) is 14.9 Å². The van der Waals surface area contributed by atoms with Gasteiger partial charge in [-0.05, 0) is 30.7 Å². The molecule has 9 heteroatoms. The van der Waals surface area contributed by atoms with Gasteiger partial charge in [-0.15, -0.1) is 0 Å². The molecule has 0 aliphatic carbocycles. The Morgan fingerprint density at radius 1 is 1.17 bits per heavy atom. The third-order valence-corrected chi connectivity index (χ3v) is 6.39. The van der Waals surface area contributed by atoms with E-state index < -0.39 is 4.92 Å². The van der Waals surface area contributed by atoms with Crippen LogP contribution in [0.3, 0.4) is 0 Å². The molecule has 8 nitrogen and oxygen atoms in total. The number of aryl methyl sites for hydroxylation is 1. The van der Waals surface area contributed by atoms with Gasteiger partial charge < -0.3 is 10.2 Å². The van der Waals surface area contributed by atoms with Crippen LogP contribution in [0.4, 0.5) is 10.8 Å². The monoisotopic (exact) mass is 425 g/mol. The van der Waals surface area contributed by atoms with E-state index in [0.717, 1.165) is 43.4 Å². The van der Waals surface area contributed by atoms with E-state index in [1.165, 1.54) is 34.5 Å². The van der Waals surface area contributed by atoms with Crippen molar-refractivity contribution >= 4 is 38.3 Å². The maximum absolute atomic E-state index is 12.2. The second kappa shape index (κ2) is 8.76. The first-order valence-electron chi connectivity index (χ1n) is 9.87. The molecular formula is C21H23N5O3S. The minimum atomic E-state index is -0.475. The summed E-state index contributed by atoms with van der Waals surface area (Å²) in [7, 11) is 0. The highest BCUT2D eigenvalue weighted by Crippen LogP contribution is 2.30. The van der Waals surface area contributed by atoms with Gasteiger partial charge in [0.15, 0.2) is 5.13 Å². The number of thiazole rings is 1. The number of nitrogens with zero attached hydrogens (tertiary/aromatic N) is 4. The molecule has 1 fully saturated rings. The standard InChI is InChI=1S/C21H23N5O3S/c1-15-3-2-4-18-19(15)23-21(30-18)25-13-11-24(12-14-25)10-9-22-20(27)16-5-7-17(8-6-16)26(28)29/h2-8H,9-14H2,1H3,(H,22,27). The van der Waals surface area contributed by atoms with E-state index in [-0.39, 0.29) is 11.6 Å². The Hall–Kier alpha value is -3.04. The zero-order valence-corrected chi connectivity index (χ0v) is 17.5. The molecule has 30 heavy (non-hydrogen) atoms. The van der Waals surface area contributed by atoms with Crippen LogP contribution in [0, 0.1) is 17.0 Å². The van der Waals surface area contributed by atoms with Crippen molar-refractivity contribution in [2.75, 3.05) is 44.2 Å². The molecule has 4 rings (SSSR count). The highest BCUT2D eigenvalue weighted by molar-refractivity contribution is 7.22. The van der Waals surface area contributed by atoms with E-state index in [2.05, 4.69) is 40.2 Å². The van der Waals surface area contributed by atoms with E-state index >= 15 is 0 Å². The number of carbonyl (C=O) groups excluding carboxylic acids is 1. The van der Waals surface area contributed by atoms with Gasteiger partial charge in [-0.1, -0.05) is 23.5 Å². The molecule has 3 aromatic rings. The van der Waals surface area contributed by atoms with E-state index in [4.69, 9.17) is 4.98 Å². The van der Waals surface area contributed by atoms with Gasteiger partial charge in [0.1, 0.15) is 0 Å². The van der Waals surface area contributed by atoms with E-state index in [1.54, 1.807) is 11.3 Å². The largest absolute Gasteiger partial charge is 0.351 e. The number of hydrogen-bond acceptors (Lipinski definition) is 7. The van der Waals surface area contributed by atoms with Crippen LogP contribution in [-0.4, -0.2) is 60.0 Å². The Morgan fingerprint density at radius 3 is 2.57 bits per heavy atom. The molecule has 1 aromatic heterocycles. The second-order valence-corrected chi connectivity index (χ2v) is 8.32. The van der Waals surface area contributed by atoms with Gasteiger partial charge in [-0.2, -0.15) is 0 Å². The summed E-state index contributed by atoms with van der Waals surface area (Å²) in [6.07, 6.45) is 0. The summed E-state index contributed by atoms with van der Waals surface area (Å²) >= 11 is 1.74. The number of carbonyl (C=O) groups is 1. The van der Waals surface area contributed by atoms with Crippen LogP contribution in [0.1, 0.15) is 15.9 Å². The number of aromatic nitrogens is 1. The molecule has 156 valence electrons. The lowest BCUT2D eigenvalue weighted by molar-refractivity contribution is -0.384. The molecule has 0 atom stereocenters. The van der Waals surface area contributed by atoms with Gasteiger partial charge in [0.05, 0.1) is 15.1 Å². The Kier molecular flexibility index (Phi) is 5.91. The number of anilines is 1. The van der Waals surface area contributed by atoms with Crippen molar-refractivity contribution in [1.29, 1.82) is 0 Å². The van der Waals surface area contributed by atoms with E-state index in [0.29, 0.717) is 12.1 Å². The van der Waals surface area contributed by atoms with Gasteiger partial charge >= 0.3 is 0 Å². The zero-order valence-electron chi connectivity index (χ0n) is 16.7. The summed E-state index contributed by atoms with van der Waals surface area (Å²) in [5, 5.41) is 14.7. The molecule has 1 aliphatic rings. The lowest BCUT2D eigenvalue weighted by Crippen LogP contribution is -2.48. The number of fused-ring (bicyclic) bond motifs is 1. The van der Waals surface area contributed by atoms with Crippen molar-refractivity contribution in [3.8, 4) is 0 Å². The minimum Gasteiger partial charge on any atom is -0.351 e. The van der Waals surface area contributed by atoms with Crippen LogP contribution >= 0.6 is 11.3 Å². The smallest absolute Gasteiger partial charge is 0.269 e. The molecule has 0 bridgehead atoms. The van der Waals surface area contributed by atoms with Crippen LogP contribution in [-0.2, 0) is 0 Å². The maximum Gasteiger partial charge on any atom is 0.269 e. The van der Waals surface area contributed by atoms with Crippen LogP contribution < -0.4 is 10.2 Å². The third kappa shape index (κ3) is 4.42. The predicted molar refractivity (Wildman–Crippen MR) is 118 cm³/mol. The summed E-state index contributed by atoms with van der Waals surface area (Å²) in [5.74, 6) is -0.214. The number of hydrogen-bond donors (Lipinski definition) is 1. The first-order chi connectivity index (χ1) is 14.5. The summed E-state index contributed by atoms with van der Waals surface area (Å²) in [4.78, 5) is 31.9. The lowest BCUT2D eigenvalue weighted by atomic mass is 10.2. The SMILES string of the molecule is Cc1cccc2sc(N3CCN(CCNC(=O)c4ccc([N+](=O)[O-])cc4)CC3)nc12. The van der Waals surface area contributed by atoms with Gasteiger partial charge in [0.25, 0.3) is 11.6 Å². The van der Waals surface area contributed by atoms with Crippen molar-refractivity contribution < 1.29 is 9.72 Å². The number of piperazine rings is 1. The molecular weight excluding hydrogens is 402 g/mol. The molecule has 0 radical (unpaired) electrons. The Morgan fingerprint density at radius 2 is 1.90 bits per heavy atom. The van der Waals surface area contributed by atoms with Crippen LogP contribution in [0.5, 0.6) is 0 Å². The molecule has 2 aromatic carbocycles. The number of non-ortho nitro benzene ring substituents is 1. The van der Waals surface area contributed by atoms with Crippen LogP contribution in [0.2, 0.25) is 0 Å². The number of nitro groups is 1. The number of rotatable bonds is 6. The first-order valence-corrected chi connectivity index (χ1v) is 10.7. The highest BCUT2D eigenvalue weighted by atomic mass is 32.1. The molecule has 1 saturated heterocycles. The van der Waals surface area contributed by atoms with Gasteiger partial charge in [-0.3, -0.25) is 19.8 Å². The summed E-state index contributed by atoms with van der Waals surface area (Å²) in [6, 6.07) is 11.9. The molecule has 0 unspecified atom stereocenters. The molecule has 0 saturated carbocycles. The fourth-order valence-electron chi connectivity index (χ4n) is 3.54. The quantitative estimate of drug-likeness (QED) is 0.482. The second-order valence-electron chi connectivity index (χ2n) is 7.31. The average Bonchev–Trinajstić information content (AvgIpc) is 3.20. The number of amides is 1. The minimum absolute atomic E-state index is 0.0206. The van der Waals surface area contributed by atoms with Crippen LogP contribution in [0.25, 0.3) is 10.2 Å². The molecule has 0 spiro atoms. The van der Waals surface area contributed by atoms with Gasteiger partial charge in [-0.25, -0.2) is 4.98 Å². The normalized spacial score (nSPS) is 14.8. The molecule has 1 N–H and O–H groups in total. The zero-order chi connectivity index (χ0) is 21.1. The van der Waals surface area contributed by atoms with Crippen molar-refractivity contribution in [2.24, 2.45) is 0 Å². The summed E-state index contributed by atoms with van der Waals surface area (Å²) < 4.78 is 1.22. The Balaban J connectivity index is 1.24. The number of nitrogens with one attached hydrogen (secondary N) is 1. The summed E-state index contributed by atoms with van der Waals surface area (Å²) in [6.45, 7) is 7.06. The maximum atomic E-state index is 12.2. The lowest BCUT2D eigenvalue weighted by Gasteiger charge is -2.34. The van der Waals surface area contributed by atoms with Gasteiger partial charge in [0, 0.05) is 57.0 Å². The Labute approximate surface area is 178 Å². The molecule has 1 amide bonds. The fourth-order valence-corrected chi connectivity index (χ4v) is 4.63. The van der Waals surface area contributed by atoms with Crippen LogP contribution in [0.15, 0.2) is 42.5 Å². The number of benzene rings is 2. The number of para-hydroxylation sites is 1. The van der Waals surface area contributed by atoms with E-state index in [1.807, 2.05) is 0 Å². The predicted octanol–water partition coefficient (Wildman–Crippen LogP) is 3.06. The topological polar surface area (TPSA) is 91.6 Å². The molecule has 1 aliphatic heterocycles. The van der Waals surface area contributed by atoms with Crippen molar-refractivity contribution in [1.82, 2.24) is 15.2 Å². The average molecular weight is 426 g/mol. The van der Waals surface area contributed by atoms with Gasteiger partial charge in [0.2, 0.25) is 0 Å². The van der Waals surface area contributed by atoms with Crippen molar-refractivity contribution in [3.05, 3.63) is 63.7 Å². The fraction of sp³-hybridized carbons (Fsp3) is 0.333.